The minimum Gasteiger partial charge on any atom is -0.426 e. The second-order valence-electron chi connectivity index (χ2n) is 4.76. The maximum atomic E-state index is 11.8. The highest BCUT2D eigenvalue weighted by atomic mass is 35.5. The summed E-state index contributed by atoms with van der Waals surface area (Å²) in [6, 6.07) is 6.86. The number of hydrogen-bond donors (Lipinski definition) is 1. The number of hydrogen-bond acceptors (Lipinski definition) is 4. The number of benzene rings is 1. The van der Waals surface area contributed by atoms with Crippen LogP contribution in [0, 0.1) is 6.92 Å². The lowest BCUT2D eigenvalue weighted by molar-refractivity contribution is -0.134. The van der Waals surface area contributed by atoms with Gasteiger partial charge in [-0.15, -0.1) is 0 Å². The van der Waals surface area contributed by atoms with Gasteiger partial charge in [-0.05, 0) is 48.6 Å². The van der Waals surface area contributed by atoms with E-state index >= 15 is 0 Å². The van der Waals surface area contributed by atoms with Gasteiger partial charge in [0.1, 0.15) is 5.75 Å². The molecule has 0 bridgehead atoms. The molecule has 0 aliphatic heterocycles. The lowest BCUT2D eigenvalue weighted by atomic mass is 10.2. The van der Waals surface area contributed by atoms with Crippen molar-refractivity contribution >= 4 is 34.8 Å². The Bertz CT molecular complexity index is 655. The van der Waals surface area contributed by atoms with Crippen LogP contribution < -0.4 is 10.1 Å². The first kappa shape index (κ1) is 16.5. The highest BCUT2D eigenvalue weighted by molar-refractivity contribution is 7.08. The second-order valence-corrected chi connectivity index (χ2v) is 5.97. The van der Waals surface area contributed by atoms with Crippen LogP contribution in [-0.2, 0) is 4.79 Å². The van der Waals surface area contributed by atoms with E-state index in [4.69, 9.17) is 16.3 Å². The van der Waals surface area contributed by atoms with Gasteiger partial charge in [-0.3, -0.25) is 9.59 Å². The zero-order valence-electron chi connectivity index (χ0n) is 12.1. The van der Waals surface area contributed by atoms with E-state index in [1.807, 2.05) is 12.3 Å². The van der Waals surface area contributed by atoms with Crippen molar-refractivity contribution < 1.29 is 14.3 Å². The molecule has 0 saturated carbocycles. The Kier molecular flexibility index (Phi) is 5.98. The SMILES string of the molecule is Cc1cc(Cl)ccc1OC(=O)CCCNC(=O)c1ccsc1. The van der Waals surface area contributed by atoms with E-state index in [0.717, 1.165) is 5.56 Å². The Morgan fingerprint density at radius 2 is 2.14 bits per heavy atom. The van der Waals surface area contributed by atoms with Gasteiger partial charge in [-0.1, -0.05) is 11.6 Å². The number of halogens is 1. The van der Waals surface area contributed by atoms with Crippen LogP contribution in [0.15, 0.2) is 35.0 Å². The predicted octanol–water partition coefficient (Wildman–Crippen LogP) is 3.83. The van der Waals surface area contributed by atoms with Crippen molar-refractivity contribution in [1.82, 2.24) is 5.32 Å². The predicted molar refractivity (Wildman–Crippen MR) is 87.7 cm³/mol. The molecule has 1 aromatic carbocycles. The number of ether oxygens (including phenoxy) is 1. The minimum atomic E-state index is -0.324. The minimum absolute atomic E-state index is 0.122. The number of thiophene rings is 1. The molecule has 0 saturated heterocycles. The first-order chi connectivity index (χ1) is 10.6. The van der Waals surface area contributed by atoms with Crippen LogP contribution in [0.5, 0.6) is 5.75 Å². The fourth-order valence-corrected chi connectivity index (χ4v) is 2.69. The number of esters is 1. The average molecular weight is 338 g/mol. The van der Waals surface area contributed by atoms with Gasteiger partial charge >= 0.3 is 5.97 Å². The van der Waals surface area contributed by atoms with Crippen molar-refractivity contribution in [2.24, 2.45) is 0 Å². The third-order valence-electron chi connectivity index (χ3n) is 2.99. The van der Waals surface area contributed by atoms with Gasteiger partial charge in [0.05, 0.1) is 0 Å². The Morgan fingerprint density at radius 1 is 1.32 bits per heavy atom. The standard InChI is InChI=1S/C16H16ClNO3S/c1-11-9-13(17)4-5-14(11)21-15(19)3-2-7-18-16(20)12-6-8-22-10-12/h4-6,8-10H,2-3,7H2,1H3,(H,18,20). The van der Waals surface area contributed by atoms with Crippen LogP contribution in [0.2, 0.25) is 5.02 Å². The normalized spacial score (nSPS) is 10.3. The second kappa shape index (κ2) is 7.96. The fraction of sp³-hybridized carbons (Fsp3) is 0.250. The summed E-state index contributed by atoms with van der Waals surface area (Å²) in [6.45, 7) is 2.26. The van der Waals surface area contributed by atoms with E-state index in [9.17, 15) is 9.59 Å². The number of rotatable bonds is 6. The molecule has 0 radical (unpaired) electrons. The van der Waals surface area contributed by atoms with Crippen LogP contribution in [0.1, 0.15) is 28.8 Å². The third kappa shape index (κ3) is 4.86. The zero-order chi connectivity index (χ0) is 15.9. The molecule has 2 aromatic rings. The molecule has 0 atom stereocenters. The quantitative estimate of drug-likeness (QED) is 0.495. The van der Waals surface area contributed by atoms with Crippen LogP contribution in [0.4, 0.5) is 0 Å². The molecule has 1 N–H and O–H groups in total. The van der Waals surface area contributed by atoms with Crippen molar-refractivity contribution in [2.75, 3.05) is 6.54 Å². The van der Waals surface area contributed by atoms with Gasteiger partial charge in [0.15, 0.2) is 0 Å². The Balaban J connectivity index is 1.71. The largest absolute Gasteiger partial charge is 0.426 e. The lowest BCUT2D eigenvalue weighted by Gasteiger charge is -2.08. The van der Waals surface area contributed by atoms with E-state index in [1.54, 1.807) is 29.6 Å². The first-order valence-electron chi connectivity index (χ1n) is 6.83. The molecular formula is C16H16ClNO3S. The maximum absolute atomic E-state index is 11.8. The molecule has 1 aromatic heterocycles. The van der Waals surface area contributed by atoms with Crippen molar-refractivity contribution in [1.29, 1.82) is 0 Å². The third-order valence-corrected chi connectivity index (χ3v) is 3.91. The van der Waals surface area contributed by atoms with Gasteiger partial charge in [0, 0.05) is 28.9 Å². The molecular weight excluding hydrogens is 322 g/mol. The molecule has 0 fully saturated rings. The molecule has 0 aliphatic carbocycles. The number of carbonyl (C=O) groups is 2. The van der Waals surface area contributed by atoms with Gasteiger partial charge in [-0.2, -0.15) is 11.3 Å². The summed E-state index contributed by atoms with van der Waals surface area (Å²) in [4.78, 5) is 23.4. The van der Waals surface area contributed by atoms with Crippen LogP contribution in [0.3, 0.4) is 0 Å². The summed E-state index contributed by atoms with van der Waals surface area (Å²) in [5, 5.41) is 7.00. The van der Waals surface area contributed by atoms with Crippen LogP contribution in [-0.4, -0.2) is 18.4 Å². The molecule has 0 unspecified atom stereocenters. The number of amides is 1. The first-order valence-corrected chi connectivity index (χ1v) is 8.15. The van der Waals surface area contributed by atoms with E-state index < -0.39 is 0 Å². The highest BCUT2D eigenvalue weighted by Gasteiger charge is 2.09. The van der Waals surface area contributed by atoms with Crippen molar-refractivity contribution in [3.63, 3.8) is 0 Å². The summed E-state index contributed by atoms with van der Waals surface area (Å²) in [5.41, 5.74) is 1.45. The summed E-state index contributed by atoms with van der Waals surface area (Å²) in [5.74, 6) is 0.0649. The number of carbonyl (C=O) groups excluding carboxylic acids is 2. The van der Waals surface area contributed by atoms with Crippen molar-refractivity contribution in [2.45, 2.75) is 19.8 Å². The van der Waals surface area contributed by atoms with Crippen LogP contribution in [0.25, 0.3) is 0 Å². The van der Waals surface area contributed by atoms with Gasteiger partial charge < -0.3 is 10.1 Å². The van der Waals surface area contributed by atoms with Crippen LogP contribution >= 0.6 is 22.9 Å². The van der Waals surface area contributed by atoms with E-state index in [0.29, 0.717) is 29.3 Å². The molecule has 0 aliphatic rings. The maximum Gasteiger partial charge on any atom is 0.311 e. The monoisotopic (exact) mass is 337 g/mol. The summed E-state index contributed by atoms with van der Waals surface area (Å²) in [7, 11) is 0. The number of aryl methyl sites for hydroxylation is 1. The smallest absolute Gasteiger partial charge is 0.311 e. The van der Waals surface area contributed by atoms with Gasteiger partial charge in [0.25, 0.3) is 5.91 Å². The van der Waals surface area contributed by atoms with Crippen molar-refractivity contribution in [3.8, 4) is 5.75 Å². The van der Waals surface area contributed by atoms with Gasteiger partial charge in [0.2, 0.25) is 0 Å². The molecule has 22 heavy (non-hydrogen) atoms. The van der Waals surface area contributed by atoms with E-state index in [-0.39, 0.29) is 18.3 Å². The Labute approximate surface area is 138 Å². The zero-order valence-corrected chi connectivity index (χ0v) is 13.7. The Hall–Kier alpha value is -1.85. The molecule has 0 spiro atoms. The summed E-state index contributed by atoms with van der Waals surface area (Å²) >= 11 is 7.32. The molecule has 4 nitrogen and oxygen atoms in total. The molecule has 116 valence electrons. The van der Waals surface area contributed by atoms with E-state index in [2.05, 4.69) is 5.32 Å². The summed E-state index contributed by atoms with van der Waals surface area (Å²) in [6.07, 6.45) is 0.771. The molecule has 2 rings (SSSR count). The number of nitrogens with one attached hydrogen (secondary N) is 1. The molecule has 1 amide bonds. The lowest BCUT2D eigenvalue weighted by Crippen LogP contribution is -2.24. The summed E-state index contributed by atoms with van der Waals surface area (Å²) < 4.78 is 5.27. The Morgan fingerprint density at radius 3 is 2.82 bits per heavy atom. The fourth-order valence-electron chi connectivity index (χ4n) is 1.83. The average Bonchev–Trinajstić information content (AvgIpc) is 3.01. The van der Waals surface area contributed by atoms with E-state index in [1.165, 1.54) is 11.3 Å². The van der Waals surface area contributed by atoms with Crippen molar-refractivity contribution in [3.05, 3.63) is 51.2 Å². The topological polar surface area (TPSA) is 55.4 Å². The highest BCUT2D eigenvalue weighted by Crippen LogP contribution is 2.22. The van der Waals surface area contributed by atoms with Gasteiger partial charge in [-0.25, -0.2) is 0 Å². The molecule has 6 heteroatoms. The molecule has 1 heterocycles.